The fourth-order valence-corrected chi connectivity index (χ4v) is 2.98. The molecule has 1 aliphatic heterocycles. The first-order valence-electron chi connectivity index (χ1n) is 7.35. The van der Waals surface area contributed by atoms with E-state index in [1.807, 2.05) is 6.26 Å². The van der Waals surface area contributed by atoms with Crippen LogP contribution in [0.3, 0.4) is 0 Å². The predicted octanol–water partition coefficient (Wildman–Crippen LogP) is 2.41. The quantitative estimate of drug-likeness (QED) is 0.790. The molecule has 5 nitrogen and oxygen atoms in total. The maximum atomic E-state index is 12.2. The molecule has 6 heteroatoms. The minimum absolute atomic E-state index is 0.227. The number of carboxylic acids is 1. The van der Waals surface area contributed by atoms with Gasteiger partial charge in [-0.3, -0.25) is 0 Å². The number of likely N-dealkylation sites (tertiary alicyclic amines) is 1. The lowest BCUT2D eigenvalue weighted by atomic mass is 9.98. The second-order valence-electron chi connectivity index (χ2n) is 5.31. The fraction of sp³-hybridized carbons (Fsp3) is 0.857. The number of carbonyl (C=O) groups excluding carboxylic acids is 1. The zero-order chi connectivity index (χ0) is 15.0. The lowest BCUT2D eigenvalue weighted by Gasteiger charge is -2.23. The van der Waals surface area contributed by atoms with Crippen LogP contribution >= 0.6 is 11.8 Å². The second-order valence-corrected chi connectivity index (χ2v) is 6.30. The molecule has 1 fully saturated rings. The lowest BCUT2D eigenvalue weighted by molar-refractivity contribution is -0.139. The van der Waals surface area contributed by atoms with Gasteiger partial charge >= 0.3 is 12.0 Å². The van der Waals surface area contributed by atoms with Crippen molar-refractivity contribution in [1.82, 2.24) is 10.2 Å². The smallest absolute Gasteiger partial charge is 0.326 e. The van der Waals surface area contributed by atoms with Gasteiger partial charge in [-0.15, -0.1) is 0 Å². The van der Waals surface area contributed by atoms with Crippen LogP contribution in [0.5, 0.6) is 0 Å². The average molecular weight is 302 g/mol. The summed E-state index contributed by atoms with van der Waals surface area (Å²) in [6, 6.07) is -1.00. The van der Waals surface area contributed by atoms with Gasteiger partial charge in [0.15, 0.2) is 0 Å². The van der Waals surface area contributed by atoms with Crippen LogP contribution in [0.4, 0.5) is 4.79 Å². The number of carboxylic acid groups (broad SMARTS) is 1. The molecule has 1 aliphatic rings. The molecule has 0 bridgehead atoms. The number of hydrogen-bond donors (Lipinski definition) is 2. The van der Waals surface area contributed by atoms with E-state index < -0.39 is 12.0 Å². The van der Waals surface area contributed by atoms with E-state index in [4.69, 9.17) is 5.11 Å². The van der Waals surface area contributed by atoms with Crippen molar-refractivity contribution in [1.29, 1.82) is 0 Å². The van der Waals surface area contributed by atoms with Crippen LogP contribution in [0.2, 0.25) is 0 Å². The highest BCUT2D eigenvalue weighted by molar-refractivity contribution is 7.98. The number of carbonyl (C=O) groups is 2. The van der Waals surface area contributed by atoms with Gasteiger partial charge in [0.2, 0.25) is 0 Å². The molecule has 20 heavy (non-hydrogen) atoms. The van der Waals surface area contributed by atoms with Gasteiger partial charge in [0.1, 0.15) is 6.04 Å². The van der Waals surface area contributed by atoms with Crippen LogP contribution in [0.1, 0.15) is 39.0 Å². The number of urea groups is 1. The van der Waals surface area contributed by atoms with E-state index in [2.05, 4.69) is 12.2 Å². The van der Waals surface area contributed by atoms with Crippen LogP contribution in [-0.2, 0) is 4.79 Å². The second kappa shape index (κ2) is 9.10. The molecule has 0 aromatic carbocycles. The highest BCUT2D eigenvalue weighted by Crippen LogP contribution is 2.20. The topological polar surface area (TPSA) is 69.6 Å². The molecule has 1 heterocycles. The first-order valence-corrected chi connectivity index (χ1v) is 8.75. The highest BCUT2D eigenvalue weighted by atomic mass is 32.2. The van der Waals surface area contributed by atoms with Crippen LogP contribution in [-0.4, -0.2) is 53.1 Å². The number of amides is 2. The predicted molar refractivity (Wildman–Crippen MR) is 82.2 cm³/mol. The Labute approximate surface area is 125 Å². The SMILES string of the molecule is CCC1CCCN(C(=O)N[C@H](CCSC)C(=O)O)CC1. The lowest BCUT2D eigenvalue weighted by Crippen LogP contribution is -2.48. The van der Waals surface area contributed by atoms with Gasteiger partial charge in [0.25, 0.3) is 0 Å². The Morgan fingerprint density at radius 2 is 2.15 bits per heavy atom. The number of rotatable bonds is 6. The number of thioether (sulfide) groups is 1. The van der Waals surface area contributed by atoms with Gasteiger partial charge in [0.05, 0.1) is 0 Å². The van der Waals surface area contributed by atoms with Crippen molar-refractivity contribution in [2.75, 3.05) is 25.1 Å². The molecule has 1 saturated heterocycles. The average Bonchev–Trinajstić information content (AvgIpc) is 2.68. The third kappa shape index (κ3) is 5.61. The van der Waals surface area contributed by atoms with Crippen LogP contribution in [0.15, 0.2) is 0 Å². The van der Waals surface area contributed by atoms with Gasteiger partial charge in [-0.2, -0.15) is 11.8 Å². The minimum Gasteiger partial charge on any atom is -0.480 e. The fourth-order valence-electron chi connectivity index (χ4n) is 2.51. The standard InChI is InChI=1S/C14H26N2O3S/c1-3-11-5-4-8-16(9-6-11)14(19)15-12(13(17)18)7-10-20-2/h11-12H,3-10H2,1-2H3,(H,15,19)(H,17,18)/t11?,12-/m1/s1. The Morgan fingerprint density at radius 1 is 1.40 bits per heavy atom. The third-order valence-corrected chi connectivity index (χ3v) is 4.56. The van der Waals surface area contributed by atoms with Crippen molar-refractivity contribution in [3.05, 3.63) is 0 Å². The molecule has 0 aliphatic carbocycles. The molecule has 116 valence electrons. The summed E-state index contributed by atoms with van der Waals surface area (Å²) in [7, 11) is 0. The molecule has 2 N–H and O–H groups in total. The molecule has 2 amide bonds. The molecule has 1 rings (SSSR count). The van der Waals surface area contributed by atoms with Crippen molar-refractivity contribution in [3.8, 4) is 0 Å². The maximum absolute atomic E-state index is 12.2. The first kappa shape index (κ1) is 17.1. The summed E-state index contributed by atoms with van der Waals surface area (Å²) in [5, 5.41) is 11.8. The van der Waals surface area contributed by atoms with Gasteiger partial charge in [0, 0.05) is 13.1 Å². The molecular weight excluding hydrogens is 276 g/mol. The molecular formula is C14H26N2O3S. The number of aliphatic carboxylic acids is 1. The van der Waals surface area contributed by atoms with Crippen LogP contribution in [0, 0.1) is 5.92 Å². The number of nitrogens with one attached hydrogen (secondary N) is 1. The van der Waals surface area contributed by atoms with E-state index in [1.165, 1.54) is 0 Å². The van der Waals surface area contributed by atoms with Gasteiger partial charge in [-0.05, 0) is 43.6 Å². The molecule has 0 aromatic heterocycles. The van der Waals surface area contributed by atoms with E-state index >= 15 is 0 Å². The van der Waals surface area contributed by atoms with E-state index in [1.54, 1.807) is 16.7 Å². The van der Waals surface area contributed by atoms with Crippen molar-refractivity contribution in [2.45, 2.75) is 45.1 Å². The van der Waals surface area contributed by atoms with E-state index in [9.17, 15) is 9.59 Å². The highest BCUT2D eigenvalue weighted by Gasteiger charge is 2.24. The summed E-state index contributed by atoms with van der Waals surface area (Å²) < 4.78 is 0. The zero-order valence-electron chi connectivity index (χ0n) is 12.4. The first-order chi connectivity index (χ1) is 9.58. The normalized spacial score (nSPS) is 21.1. The van der Waals surface area contributed by atoms with Crippen molar-refractivity contribution >= 4 is 23.8 Å². The largest absolute Gasteiger partial charge is 0.480 e. The van der Waals surface area contributed by atoms with Gasteiger partial charge in [-0.1, -0.05) is 13.3 Å². The summed E-state index contributed by atoms with van der Waals surface area (Å²) in [6.07, 6.45) is 6.74. The zero-order valence-corrected chi connectivity index (χ0v) is 13.2. The third-order valence-electron chi connectivity index (χ3n) is 3.92. The van der Waals surface area contributed by atoms with Crippen LogP contribution < -0.4 is 5.32 Å². The minimum atomic E-state index is -0.950. The summed E-state index contributed by atoms with van der Waals surface area (Å²) in [5.74, 6) is 0.475. The van der Waals surface area contributed by atoms with E-state index in [0.29, 0.717) is 12.3 Å². The Kier molecular flexibility index (Phi) is 7.80. The molecule has 0 aromatic rings. The van der Waals surface area contributed by atoms with Crippen molar-refractivity contribution in [2.24, 2.45) is 5.92 Å². The van der Waals surface area contributed by atoms with Gasteiger partial charge in [-0.25, -0.2) is 9.59 Å². The molecule has 0 radical (unpaired) electrons. The maximum Gasteiger partial charge on any atom is 0.326 e. The van der Waals surface area contributed by atoms with Crippen molar-refractivity contribution < 1.29 is 14.7 Å². The Bertz CT molecular complexity index is 326. The summed E-state index contributed by atoms with van der Waals surface area (Å²) in [6.45, 7) is 3.65. The molecule has 2 atom stereocenters. The Balaban J connectivity index is 2.48. The van der Waals surface area contributed by atoms with Crippen molar-refractivity contribution in [3.63, 3.8) is 0 Å². The van der Waals surface area contributed by atoms with E-state index in [0.717, 1.165) is 44.5 Å². The molecule has 1 unspecified atom stereocenters. The van der Waals surface area contributed by atoms with Crippen LogP contribution in [0.25, 0.3) is 0 Å². The van der Waals surface area contributed by atoms with Gasteiger partial charge < -0.3 is 15.3 Å². The Hall–Kier alpha value is -0.910. The molecule has 0 saturated carbocycles. The number of nitrogens with zero attached hydrogens (tertiary/aromatic N) is 1. The molecule has 0 spiro atoms. The summed E-state index contributed by atoms with van der Waals surface area (Å²) in [5.41, 5.74) is 0. The number of hydrogen-bond acceptors (Lipinski definition) is 3. The summed E-state index contributed by atoms with van der Waals surface area (Å²) in [4.78, 5) is 25.1. The Morgan fingerprint density at radius 3 is 2.75 bits per heavy atom. The summed E-state index contributed by atoms with van der Waals surface area (Å²) >= 11 is 1.59. The monoisotopic (exact) mass is 302 g/mol. The van der Waals surface area contributed by atoms with E-state index in [-0.39, 0.29) is 6.03 Å².